The molecule has 3 saturated heterocycles. The second kappa shape index (κ2) is 13.8. The quantitative estimate of drug-likeness (QED) is 0.315. The number of fused-ring (bicyclic) bond motifs is 1. The maximum absolute atomic E-state index is 14.3. The van der Waals surface area contributed by atoms with Crippen LogP contribution in [0.2, 0.25) is 0 Å². The largest absolute Gasteiger partial charge is 0.497 e. The minimum atomic E-state index is -0.675. The second-order valence-electron chi connectivity index (χ2n) is 13.6. The van der Waals surface area contributed by atoms with Gasteiger partial charge in [-0.3, -0.25) is 29.3 Å². The number of piperidine rings is 3. The Morgan fingerprint density at radius 2 is 1.62 bits per heavy atom. The van der Waals surface area contributed by atoms with Gasteiger partial charge in [0.25, 0.3) is 5.91 Å². The number of carbonyl (C=O) groups excluding carboxylic acids is 5. The van der Waals surface area contributed by atoms with Gasteiger partial charge in [0.1, 0.15) is 11.8 Å². The summed E-state index contributed by atoms with van der Waals surface area (Å²) in [6.45, 7) is 3.42. The van der Waals surface area contributed by atoms with Crippen LogP contribution in [0.3, 0.4) is 0 Å². The molecule has 0 aliphatic carbocycles. The molecule has 0 bridgehead atoms. The summed E-state index contributed by atoms with van der Waals surface area (Å²) in [5, 5.41) is 2.35. The Hall–Kier alpha value is -5.43. The van der Waals surface area contributed by atoms with Crippen molar-refractivity contribution in [3.05, 3.63) is 94.5 Å². The van der Waals surface area contributed by atoms with Gasteiger partial charge in [0.05, 0.1) is 19.1 Å². The Balaban J connectivity index is 1.06. The van der Waals surface area contributed by atoms with E-state index < -0.39 is 23.9 Å². The molecule has 3 fully saturated rings. The molecule has 0 saturated carbocycles. The molecule has 256 valence electrons. The van der Waals surface area contributed by atoms with Crippen molar-refractivity contribution in [3.63, 3.8) is 0 Å². The molecule has 10 nitrogen and oxygen atoms in total. The predicted molar refractivity (Wildman–Crippen MR) is 186 cm³/mol. The van der Waals surface area contributed by atoms with Crippen LogP contribution in [0.5, 0.6) is 5.75 Å². The number of hydrogen-bond donors (Lipinski definition) is 1. The summed E-state index contributed by atoms with van der Waals surface area (Å²) in [6.07, 6.45) is 2.72. The van der Waals surface area contributed by atoms with Crippen molar-refractivity contribution >= 4 is 35.2 Å². The highest BCUT2D eigenvalue weighted by molar-refractivity contribution is 6.05. The molecule has 50 heavy (non-hydrogen) atoms. The number of ether oxygens (including phenoxy) is 1. The van der Waals surface area contributed by atoms with Crippen LogP contribution in [0, 0.1) is 30.6 Å². The molecular weight excluding hydrogens is 632 g/mol. The summed E-state index contributed by atoms with van der Waals surface area (Å²) in [6, 6.07) is 19.9. The summed E-state index contributed by atoms with van der Waals surface area (Å²) in [5.41, 5.74) is 4.87. The summed E-state index contributed by atoms with van der Waals surface area (Å²) >= 11 is 0. The van der Waals surface area contributed by atoms with Gasteiger partial charge in [0, 0.05) is 55.2 Å². The van der Waals surface area contributed by atoms with E-state index in [1.807, 2.05) is 72.5 Å². The number of benzene rings is 3. The second-order valence-corrected chi connectivity index (χ2v) is 13.6. The van der Waals surface area contributed by atoms with E-state index >= 15 is 0 Å². The average Bonchev–Trinajstić information content (AvgIpc) is 3.47. The van der Waals surface area contributed by atoms with Crippen molar-refractivity contribution in [3.8, 4) is 17.6 Å². The lowest BCUT2D eigenvalue weighted by atomic mass is 9.82. The number of nitrogens with zero attached hydrogens (tertiary/aromatic N) is 3. The van der Waals surface area contributed by atoms with Gasteiger partial charge in [-0.1, -0.05) is 47.7 Å². The van der Waals surface area contributed by atoms with Gasteiger partial charge < -0.3 is 19.4 Å². The zero-order valence-electron chi connectivity index (χ0n) is 28.3. The lowest BCUT2D eigenvalue weighted by molar-refractivity contribution is -0.140. The van der Waals surface area contributed by atoms with Crippen molar-refractivity contribution < 1.29 is 28.7 Å². The number of aryl methyl sites for hydroxylation is 1. The van der Waals surface area contributed by atoms with E-state index in [1.54, 1.807) is 23.0 Å². The number of nitrogens with one attached hydrogen (secondary N) is 1. The molecular formula is C40H40N4O6. The van der Waals surface area contributed by atoms with Gasteiger partial charge in [0.15, 0.2) is 0 Å². The van der Waals surface area contributed by atoms with Crippen LogP contribution in [0.1, 0.15) is 77.2 Å². The Bertz CT molecular complexity index is 1900. The lowest BCUT2D eigenvalue weighted by Gasteiger charge is -2.43. The molecule has 0 radical (unpaired) electrons. The normalized spacial score (nSPS) is 22.5. The van der Waals surface area contributed by atoms with Gasteiger partial charge >= 0.3 is 0 Å². The van der Waals surface area contributed by atoms with Crippen molar-refractivity contribution in [1.29, 1.82) is 0 Å². The smallest absolute Gasteiger partial charge is 0.255 e. The van der Waals surface area contributed by atoms with Gasteiger partial charge in [-0.2, -0.15) is 0 Å². The molecule has 10 heteroatoms. The van der Waals surface area contributed by atoms with Crippen LogP contribution in [0.15, 0.2) is 66.7 Å². The van der Waals surface area contributed by atoms with Gasteiger partial charge in [0.2, 0.25) is 23.6 Å². The molecule has 3 atom stereocenters. The van der Waals surface area contributed by atoms with Crippen molar-refractivity contribution in [2.24, 2.45) is 11.8 Å². The highest BCUT2D eigenvalue weighted by Gasteiger charge is 2.44. The molecule has 4 heterocycles. The van der Waals surface area contributed by atoms with Gasteiger partial charge in [-0.15, -0.1) is 0 Å². The highest BCUT2D eigenvalue weighted by atomic mass is 16.5. The Morgan fingerprint density at radius 1 is 0.880 bits per heavy atom. The fraction of sp³-hybridized carbons (Fsp3) is 0.375. The zero-order valence-corrected chi connectivity index (χ0v) is 28.3. The molecule has 0 spiro atoms. The molecule has 1 N–H and O–H groups in total. The highest BCUT2D eigenvalue weighted by Crippen LogP contribution is 2.42. The third-order valence-corrected chi connectivity index (χ3v) is 10.5. The van der Waals surface area contributed by atoms with Crippen molar-refractivity contribution in [2.45, 2.75) is 64.1 Å². The number of methoxy groups -OCH3 is 1. The average molecular weight is 673 g/mol. The number of anilines is 1. The summed E-state index contributed by atoms with van der Waals surface area (Å²) < 4.78 is 5.38. The predicted octanol–water partition coefficient (Wildman–Crippen LogP) is 4.54. The topological polar surface area (TPSA) is 116 Å². The van der Waals surface area contributed by atoms with Crippen LogP contribution < -0.4 is 15.0 Å². The first kappa shape index (κ1) is 33.1. The first-order valence-electron chi connectivity index (χ1n) is 17.3. The molecule has 4 aliphatic rings. The number of likely N-dealkylation sites (tertiary alicyclic amines) is 1. The number of rotatable bonds is 5. The molecule has 3 unspecified atom stereocenters. The Morgan fingerprint density at radius 3 is 2.32 bits per heavy atom. The number of amides is 5. The Kier molecular flexibility index (Phi) is 9.15. The van der Waals surface area contributed by atoms with Crippen LogP contribution in [0.25, 0.3) is 0 Å². The van der Waals surface area contributed by atoms with Crippen molar-refractivity contribution in [2.75, 3.05) is 25.1 Å². The van der Waals surface area contributed by atoms with E-state index in [4.69, 9.17) is 4.74 Å². The number of carbonyl (C=O) groups is 5. The van der Waals surface area contributed by atoms with E-state index in [1.165, 1.54) is 0 Å². The molecule has 5 amide bonds. The number of imide groups is 1. The van der Waals surface area contributed by atoms with E-state index in [0.29, 0.717) is 43.7 Å². The first-order valence-corrected chi connectivity index (χ1v) is 17.3. The molecule has 7 rings (SSSR count). The molecule has 4 aliphatic heterocycles. The first-order chi connectivity index (χ1) is 24.2. The van der Waals surface area contributed by atoms with Crippen LogP contribution >= 0.6 is 0 Å². The maximum atomic E-state index is 14.3. The molecule has 3 aromatic carbocycles. The Labute approximate surface area is 291 Å². The standard InChI is InChI=1S/C40H40N4O6/c1-25-6-12-29(13-7-25)44-36(46)19-16-32(37(44)28-10-14-30(50-2)15-11-28)39(48)42-22-20-26(21-23-42)8-9-27-4-3-5-31-33(27)24-43(40(31)49)34-17-18-35(45)41-38(34)47/h3-7,10-15,26,32,34,37H,16-24H2,1-2H3,(H,41,45,47). The minimum absolute atomic E-state index is 0.00188. The SMILES string of the molecule is COc1ccc(C2C(C(=O)N3CCC(C#Cc4cccc5c4CN(C4CCC(=O)NC4=O)C5=O)CC3)CCC(=O)N2c2ccc(C)cc2)cc1. The fourth-order valence-corrected chi connectivity index (χ4v) is 7.70. The van der Waals surface area contributed by atoms with E-state index in [9.17, 15) is 24.0 Å². The van der Waals surface area contributed by atoms with E-state index in [2.05, 4.69) is 17.2 Å². The summed E-state index contributed by atoms with van der Waals surface area (Å²) in [4.78, 5) is 70.4. The van der Waals surface area contributed by atoms with E-state index in [0.717, 1.165) is 40.8 Å². The molecule has 0 aromatic heterocycles. The maximum Gasteiger partial charge on any atom is 0.255 e. The van der Waals surface area contributed by atoms with Crippen LogP contribution in [-0.4, -0.2) is 65.6 Å². The van der Waals surface area contributed by atoms with Crippen LogP contribution in [-0.2, 0) is 25.7 Å². The summed E-state index contributed by atoms with van der Waals surface area (Å²) in [5.74, 6) is 6.19. The fourth-order valence-electron chi connectivity index (χ4n) is 7.70. The monoisotopic (exact) mass is 672 g/mol. The lowest BCUT2D eigenvalue weighted by Crippen LogP contribution is -2.52. The third-order valence-electron chi connectivity index (χ3n) is 10.5. The van der Waals surface area contributed by atoms with E-state index in [-0.39, 0.29) is 42.5 Å². The number of hydrogen-bond acceptors (Lipinski definition) is 6. The minimum Gasteiger partial charge on any atom is -0.497 e. The van der Waals surface area contributed by atoms with Crippen molar-refractivity contribution in [1.82, 2.24) is 15.1 Å². The zero-order chi connectivity index (χ0) is 34.9. The van der Waals surface area contributed by atoms with Gasteiger partial charge in [-0.25, -0.2) is 0 Å². The van der Waals surface area contributed by atoms with Crippen LogP contribution in [0.4, 0.5) is 5.69 Å². The molecule has 3 aromatic rings. The summed E-state index contributed by atoms with van der Waals surface area (Å²) in [7, 11) is 1.61. The third kappa shape index (κ3) is 6.36. The van der Waals surface area contributed by atoms with Gasteiger partial charge in [-0.05, 0) is 80.1 Å².